The van der Waals surface area contributed by atoms with Gasteiger partial charge in [-0.25, -0.2) is 0 Å². The summed E-state index contributed by atoms with van der Waals surface area (Å²) in [5, 5.41) is 9.70. The molecule has 3 heteroatoms. The van der Waals surface area contributed by atoms with Gasteiger partial charge in [-0.15, -0.1) is 11.3 Å². The number of hydrogen-bond acceptors (Lipinski definition) is 3. The Bertz CT molecular complexity index is 1090. The smallest absolute Gasteiger partial charge is 0.0554 e. The number of nitrogen functional groups attached to an aromatic ring is 1. The van der Waals surface area contributed by atoms with Gasteiger partial charge in [0.25, 0.3) is 0 Å². The molecule has 0 atom stereocenters. The van der Waals surface area contributed by atoms with Crippen LogP contribution in [0.15, 0.2) is 60.7 Å². The Morgan fingerprint density at radius 1 is 0.920 bits per heavy atom. The summed E-state index contributed by atoms with van der Waals surface area (Å²) in [5.41, 5.74) is 11.7. The summed E-state index contributed by atoms with van der Waals surface area (Å²) in [4.78, 5) is 1.12. The number of nitrogens with two attached hydrogens (primary N) is 1. The lowest BCUT2D eigenvalue weighted by molar-refractivity contribution is 0.867. The van der Waals surface area contributed by atoms with Gasteiger partial charge in [0.05, 0.1) is 5.36 Å². The maximum Gasteiger partial charge on any atom is 0.0554 e. The fourth-order valence-electron chi connectivity index (χ4n) is 3.25. The van der Waals surface area contributed by atoms with E-state index in [1.165, 1.54) is 27.6 Å². The first-order valence-corrected chi connectivity index (χ1v) is 9.25. The van der Waals surface area contributed by atoms with Gasteiger partial charge in [0.15, 0.2) is 0 Å². The molecule has 3 N–H and O–H groups in total. The lowest BCUT2D eigenvalue weighted by Gasteiger charge is -2.16. The molecular weight excluding hydrogens is 324 g/mol. The van der Waals surface area contributed by atoms with Crippen molar-refractivity contribution >= 4 is 27.1 Å². The maximum absolute atomic E-state index is 7.96. The third-order valence-electron chi connectivity index (χ3n) is 4.61. The molecule has 0 fully saturated rings. The Labute approximate surface area is 151 Å². The van der Waals surface area contributed by atoms with E-state index in [1.807, 2.05) is 24.3 Å². The predicted molar refractivity (Wildman–Crippen MR) is 108 cm³/mol. The average molecular weight is 344 g/mol. The zero-order valence-electron chi connectivity index (χ0n) is 14.3. The Morgan fingerprint density at radius 2 is 1.68 bits per heavy atom. The molecule has 1 aliphatic carbocycles. The topological polar surface area (TPSA) is 49.9 Å². The van der Waals surface area contributed by atoms with Crippen LogP contribution in [0.1, 0.15) is 25.3 Å². The monoisotopic (exact) mass is 344 g/mol. The van der Waals surface area contributed by atoms with Crippen molar-refractivity contribution in [2.45, 2.75) is 19.8 Å². The van der Waals surface area contributed by atoms with E-state index in [0.717, 1.165) is 15.3 Å². The summed E-state index contributed by atoms with van der Waals surface area (Å²) < 4.78 is 1.15. The number of anilines is 1. The second kappa shape index (κ2) is 6.01. The standard InChI is InChI=1S/C22H20N2S/c1-13(2)14-3-5-15(6-4-14)22-18-9-7-16(23)11-20(18)25-21-12-17(24)8-10-19(21)22/h3-13,23H,24H2,1-2H3. The molecule has 1 aliphatic heterocycles. The summed E-state index contributed by atoms with van der Waals surface area (Å²) in [6.45, 7) is 4.42. The minimum atomic E-state index is 0.520. The van der Waals surface area contributed by atoms with Crippen molar-refractivity contribution in [1.82, 2.24) is 0 Å². The average Bonchev–Trinajstić information content (AvgIpc) is 2.59. The van der Waals surface area contributed by atoms with E-state index in [2.05, 4.69) is 50.2 Å². The van der Waals surface area contributed by atoms with E-state index in [9.17, 15) is 0 Å². The molecule has 0 radical (unpaired) electrons. The van der Waals surface area contributed by atoms with E-state index < -0.39 is 0 Å². The highest BCUT2D eigenvalue weighted by atomic mass is 32.1. The largest absolute Gasteiger partial charge is 0.399 e. The second-order valence-corrected chi connectivity index (χ2v) is 7.80. The van der Waals surface area contributed by atoms with Gasteiger partial charge in [-0.1, -0.05) is 50.2 Å². The van der Waals surface area contributed by atoms with Crippen LogP contribution in [0.3, 0.4) is 0 Å². The maximum atomic E-state index is 7.96. The van der Waals surface area contributed by atoms with Crippen LogP contribution in [0.2, 0.25) is 0 Å². The first kappa shape index (κ1) is 15.9. The van der Waals surface area contributed by atoms with Crippen LogP contribution in [0.25, 0.3) is 31.7 Å². The third-order valence-corrected chi connectivity index (χ3v) is 5.73. The first-order chi connectivity index (χ1) is 12.0. The van der Waals surface area contributed by atoms with E-state index in [1.54, 1.807) is 11.3 Å². The Morgan fingerprint density at radius 3 is 2.40 bits per heavy atom. The summed E-state index contributed by atoms with van der Waals surface area (Å²) >= 11 is 1.70. The van der Waals surface area contributed by atoms with Gasteiger partial charge in [-0.05, 0) is 46.9 Å². The van der Waals surface area contributed by atoms with Gasteiger partial charge < -0.3 is 11.1 Å². The summed E-state index contributed by atoms with van der Waals surface area (Å²) in [6.07, 6.45) is 0. The van der Waals surface area contributed by atoms with Crippen LogP contribution in [-0.2, 0) is 0 Å². The van der Waals surface area contributed by atoms with Crippen molar-refractivity contribution in [2.75, 3.05) is 5.73 Å². The van der Waals surface area contributed by atoms with E-state index in [4.69, 9.17) is 11.1 Å². The molecule has 4 rings (SSSR count). The zero-order chi connectivity index (χ0) is 17.6. The third kappa shape index (κ3) is 2.81. The normalized spacial score (nSPS) is 11.5. The van der Waals surface area contributed by atoms with Crippen molar-refractivity contribution in [1.29, 1.82) is 5.41 Å². The molecule has 0 aromatic heterocycles. The number of hydrogen-bond donors (Lipinski definition) is 2. The van der Waals surface area contributed by atoms with E-state index >= 15 is 0 Å². The Kier molecular flexibility index (Phi) is 3.81. The highest BCUT2D eigenvalue weighted by Crippen LogP contribution is 2.43. The summed E-state index contributed by atoms with van der Waals surface area (Å²) in [5.74, 6) is 0.520. The van der Waals surface area contributed by atoms with E-state index in [0.29, 0.717) is 11.3 Å². The van der Waals surface area contributed by atoms with Crippen LogP contribution >= 0.6 is 11.3 Å². The molecule has 2 aliphatic rings. The Balaban J connectivity index is 2.07. The van der Waals surface area contributed by atoms with Gasteiger partial charge in [-0.3, -0.25) is 0 Å². The van der Waals surface area contributed by atoms with Gasteiger partial charge >= 0.3 is 0 Å². The molecule has 0 unspecified atom stereocenters. The fraction of sp³-hybridized carbons (Fsp3) is 0.136. The van der Waals surface area contributed by atoms with Crippen molar-refractivity contribution in [3.63, 3.8) is 0 Å². The number of nitrogens with one attached hydrogen (secondary N) is 1. The molecular formula is C22H20N2S. The molecule has 1 heterocycles. The minimum Gasteiger partial charge on any atom is -0.399 e. The lowest BCUT2D eigenvalue weighted by Crippen LogP contribution is -1.99. The first-order valence-electron chi connectivity index (χ1n) is 8.44. The molecule has 2 aromatic rings. The van der Waals surface area contributed by atoms with Gasteiger partial charge in [0, 0.05) is 26.2 Å². The summed E-state index contributed by atoms with van der Waals surface area (Å²) in [7, 11) is 0. The van der Waals surface area contributed by atoms with Crippen LogP contribution in [0.5, 0.6) is 0 Å². The van der Waals surface area contributed by atoms with Gasteiger partial charge in [0.1, 0.15) is 0 Å². The number of benzene rings is 3. The molecule has 124 valence electrons. The molecule has 0 spiro atoms. The van der Waals surface area contributed by atoms with Gasteiger partial charge in [0.2, 0.25) is 0 Å². The molecule has 0 bridgehead atoms. The second-order valence-electron chi connectivity index (χ2n) is 6.72. The van der Waals surface area contributed by atoms with Crippen LogP contribution in [-0.4, -0.2) is 0 Å². The highest BCUT2D eigenvalue weighted by molar-refractivity contribution is 7.21. The minimum absolute atomic E-state index is 0.520. The molecule has 2 aromatic carbocycles. The quantitative estimate of drug-likeness (QED) is 0.347. The van der Waals surface area contributed by atoms with Crippen molar-refractivity contribution in [3.8, 4) is 21.6 Å². The SMILES string of the molecule is CC(C)c1ccc(-c2c3ccc(=N)cc-3sc3cc(N)ccc23)cc1. The molecule has 25 heavy (non-hydrogen) atoms. The van der Waals surface area contributed by atoms with Crippen LogP contribution < -0.4 is 11.1 Å². The molecule has 0 amide bonds. The van der Waals surface area contributed by atoms with Crippen molar-refractivity contribution in [2.24, 2.45) is 0 Å². The predicted octanol–water partition coefficient (Wildman–Crippen LogP) is 5.86. The van der Waals surface area contributed by atoms with Crippen LogP contribution in [0, 0.1) is 5.41 Å². The summed E-state index contributed by atoms with van der Waals surface area (Å²) in [6, 6.07) is 20.8. The fourth-order valence-corrected chi connectivity index (χ4v) is 4.43. The van der Waals surface area contributed by atoms with Gasteiger partial charge in [-0.2, -0.15) is 0 Å². The van der Waals surface area contributed by atoms with Crippen molar-refractivity contribution in [3.05, 3.63) is 71.6 Å². The molecule has 2 nitrogen and oxygen atoms in total. The molecule has 0 saturated heterocycles. The highest BCUT2D eigenvalue weighted by Gasteiger charge is 2.15. The number of rotatable bonds is 2. The van der Waals surface area contributed by atoms with Crippen LogP contribution in [0.4, 0.5) is 5.69 Å². The van der Waals surface area contributed by atoms with Crippen molar-refractivity contribution < 1.29 is 0 Å². The molecule has 0 saturated carbocycles. The Hall–Kier alpha value is -2.65. The number of fused-ring (bicyclic) bond motifs is 2. The lowest BCUT2D eigenvalue weighted by atomic mass is 9.93. The van der Waals surface area contributed by atoms with E-state index in [-0.39, 0.29) is 0 Å². The zero-order valence-corrected chi connectivity index (χ0v) is 15.2.